The highest BCUT2D eigenvalue weighted by Crippen LogP contribution is 2.17. The Hall–Kier alpha value is -0.850. The Morgan fingerprint density at radius 1 is 1.29 bits per heavy atom. The van der Waals surface area contributed by atoms with E-state index in [-0.39, 0.29) is 48.8 Å². The Morgan fingerprint density at radius 2 is 1.86 bits per heavy atom. The number of hydrogen-bond acceptors (Lipinski definition) is 5. The summed E-state index contributed by atoms with van der Waals surface area (Å²) in [6, 6.07) is -0.535. The van der Waals surface area contributed by atoms with Crippen molar-refractivity contribution in [2.24, 2.45) is 17.6 Å². The summed E-state index contributed by atoms with van der Waals surface area (Å²) in [6.07, 6.45) is 1.46. The molecule has 1 aliphatic rings. The molecule has 7 heteroatoms. The normalized spacial score (nSPS) is 18.5. The van der Waals surface area contributed by atoms with E-state index in [1.165, 1.54) is 0 Å². The van der Waals surface area contributed by atoms with Crippen LogP contribution in [0.25, 0.3) is 0 Å². The molecule has 2 atom stereocenters. The molecule has 124 valence electrons. The van der Waals surface area contributed by atoms with Crippen LogP contribution in [0, 0.1) is 11.8 Å². The minimum atomic E-state index is -0.535. The lowest BCUT2D eigenvalue weighted by Gasteiger charge is -2.27. The first-order chi connectivity index (χ1) is 9.41. The zero-order chi connectivity index (χ0) is 15.1. The van der Waals surface area contributed by atoms with Gasteiger partial charge in [-0.15, -0.1) is 12.4 Å². The van der Waals surface area contributed by atoms with E-state index in [0.29, 0.717) is 13.2 Å². The standard InChI is InChI=1S/C14H26N2O4.ClH/c1-9(2)20-14(18)10(3)8-16-13(17)12(15)11-4-6-19-7-5-11;/h9-12H,4-8,15H2,1-3H3,(H,16,17);1H. The molecule has 6 nitrogen and oxygen atoms in total. The third-order valence-electron chi connectivity index (χ3n) is 3.41. The van der Waals surface area contributed by atoms with Crippen LogP contribution >= 0.6 is 12.4 Å². The molecule has 0 aromatic rings. The maximum absolute atomic E-state index is 12.0. The van der Waals surface area contributed by atoms with Crippen LogP contribution in [0.15, 0.2) is 0 Å². The first-order valence-electron chi connectivity index (χ1n) is 7.23. The number of hydrogen-bond donors (Lipinski definition) is 2. The Kier molecular flexibility index (Phi) is 9.57. The highest BCUT2D eigenvalue weighted by Gasteiger charge is 2.27. The average Bonchev–Trinajstić information content (AvgIpc) is 2.43. The minimum absolute atomic E-state index is 0. The molecule has 1 heterocycles. The Bertz CT molecular complexity index is 333. The number of ether oxygens (including phenoxy) is 2. The minimum Gasteiger partial charge on any atom is -0.463 e. The van der Waals surface area contributed by atoms with Crippen LogP contribution in [0.2, 0.25) is 0 Å². The lowest BCUT2D eigenvalue weighted by Crippen LogP contribution is -2.48. The van der Waals surface area contributed by atoms with Gasteiger partial charge in [-0.25, -0.2) is 0 Å². The van der Waals surface area contributed by atoms with E-state index in [4.69, 9.17) is 15.2 Å². The summed E-state index contributed by atoms with van der Waals surface area (Å²) >= 11 is 0. The van der Waals surface area contributed by atoms with Gasteiger partial charge in [0.1, 0.15) is 0 Å². The van der Waals surface area contributed by atoms with Crippen LogP contribution in [-0.2, 0) is 19.1 Å². The van der Waals surface area contributed by atoms with Crippen LogP contribution in [-0.4, -0.2) is 43.8 Å². The van der Waals surface area contributed by atoms with Crippen molar-refractivity contribution >= 4 is 24.3 Å². The van der Waals surface area contributed by atoms with Crippen LogP contribution in [0.3, 0.4) is 0 Å². The first kappa shape index (κ1) is 20.1. The highest BCUT2D eigenvalue weighted by atomic mass is 35.5. The molecule has 1 aliphatic heterocycles. The molecule has 0 radical (unpaired) electrons. The number of nitrogens with two attached hydrogens (primary N) is 1. The van der Waals surface area contributed by atoms with E-state index in [1.807, 2.05) is 0 Å². The van der Waals surface area contributed by atoms with E-state index in [9.17, 15) is 9.59 Å². The fraction of sp³-hybridized carbons (Fsp3) is 0.857. The van der Waals surface area contributed by atoms with Crippen molar-refractivity contribution in [1.29, 1.82) is 0 Å². The summed E-state index contributed by atoms with van der Waals surface area (Å²) in [5.74, 6) is -0.731. The zero-order valence-electron chi connectivity index (χ0n) is 13.0. The number of carbonyl (C=O) groups excluding carboxylic acids is 2. The van der Waals surface area contributed by atoms with E-state index in [1.54, 1.807) is 20.8 Å². The van der Waals surface area contributed by atoms with Crippen LogP contribution in [0.1, 0.15) is 33.6 Å². The summed E-state index contributed by atoms with van der Waals surface area (Å²) in [5, 5.41) is 2.73. The third-order valence-corrected chi connectivity index (χ3v) is 3.41. The SMILES string of the molecule is CC(C)OC(=O)C(C)CNC(=O)C(N)C1CCOCC1.Cl. The molecule has 1 rings (SSSR count). The van der Waals surface area contributed by atoms with Gasteiger partial charge >= 0.3 is 5.97 Å². The van der Waals surface area contributed by atoms with Crippen molar-refractivity contribution in [3.05, 3.63) is 0 Å². The Morgan fingerprint density at radius 3 is 2.38 bits per heavy atom. The largest absolute Gasteiger partial charge is 0.463 e. The van der Waals surface area contributed by atoms with Crippen LogP contribution in [0.5, 0.6) is 0 Å². The van der Waals surface area contributed by atoms with Gasteiger partial charge in [-0.1, -0.05) is 6.92 Å². The topological polar surface area (TPSA) is 90.7 Å². The van der Waals surface area contributed by atoms with E-state index >= 15 is 0 Å². The van der Waals surface area contributed by atoms with Gasteiger partial charge in [-0.2, -0.15) is 0 Å². The van der Waals surface area contributed by atoms with Gasteiger partial charge in [0.25, 0.3) is 0 Å². The molecule has 1 saturated heterocycles. The molecule has 0 spiro atoms. The van der Waals surface area contributed by atoms with Crippen molar-refractivity contribution in [3.8, 4) is 0 Å². The lowest BCUT2D eigenvalue weighted by atomic mass is 9.92. The molecular weight excluding hydrogens is 296 g/mol. The van der Waals surface area contributed by atoms with E-state index in [0.717, 1.165) is 12.8 Å². The Labute approximate surface area is 132 Å². The molecule has 0 aromatic heterocycles. The fourth-order valence-corrected chi connectivity index (χ4v) is 2.09. The van der Waals surface area contributed by atoms with Gasteiger partial charge in [-0.05, 0) is 32.6 Å². The van der Waals surface area contributed by atoms with Gasteiger partial charge in [0.05, 0.1) is 18.1 Å². The first-order valence-corrected chi connectivity index (χ1v) is 7.23. The van der Waals surface area contributed by atoms with Gasteiger partial charge in [0, 0.05) is 19.8 Å². The van der Waals surface area contributed by atoms with Gasteiger partial charge in [0.2, 0.25) is 5.91 Å². The summed E-state index contributed by atoms with van der Waals surface area (Å²) in [6.45, 7) is 6.88. The number of carbonyl (C=O) groups is 2. The lowest BCUT2D eigenvalue weighted by molar-refractivity contribution is -0.151. The molecule has 1 amide bonds. The predicted octanol–water partition coefficient (Wildman–Crippen LogP) is 0.866. The second kappa shape index (κ2) is 9.97. The third kappa shape index (κ3) is 7.11. The van der Waals surface area contributed by atoms with Crippen molar-refractivity contribution in [1.82, 2.24) is 5.32 Å². The monoisotopic (exact) mass is 322 g/mol. The summed E-state index contributed by atoms with van der Waals surface area (Å²) in [4.78, 5) is 23.6. The summed E-state index contributed by atoms with van der Waals surface area (Å²) in [7, 11) is 0. The quantitative estimate of drug-likeness (QED) is 0.708. The van der Waals surface area contributed by atoms with Gasteiger partial charge in [0.15, 0.2) is 0 Å². The maximum atomic E-state index is 12.0. The second-order valence-corrected chi connectivity index (χ2v) is 5.61. The van der Waals surface area contributed by atoms with E-state index in [2.05, 4.69) is 5.32 Å². The zero-order valence-corrected chi connectivity index (χ0v) is 13.8. The predicted molar refractivity (Wildman–Crippen MR) is 82.2 cm³/mol. The van der Waals surface area contributed by atoms with Crippen molar-refractivity contribution in [3.63, 3.8) is 0 Å². The number of rotatable bonds is 6. The van der Waals surface area contributed by atoms with Crippen LogP contribution < -0.4 is 11.1 Å². The number of nitrogens with one attached hydrogen (secondary N) is 1. The number of esters is 1. The number of halogens is 1. The average molecular weight is 323 g/mol. The molecule has 0 aliphatic carbocycles. The van der Waals surface area contributed by atoms with Crippen molar-refractivity contribution in [2.45, 2.75) is 45.8 Å². The maximum Gasteiger partial charge on any atom is 0.310 e. The molecule has 0 bridgehead atoms. The summed E-state index contributed by atoms with van der Waals surface area (Å²) in [5.41, 5.74) is 5.95. The molecular formula is C14H27ClN2O4. The summed E-state index contributed by atoms with van der Waals surface area (Å²) < 4.78 is 10.3. The molecule has 1 fully saturated rings. The molecule has 3 N–H and O–H groups in total. The second-order valence-electron chi connectivity index (χ2n) is 5.61. The van der Waals surface area contributed by atoms with Gasteiger partial charge < -0.3 is 20.5 Å². The smallest absolute Gasteiger partial charge is 0.310 e. The van der Waals surface area contributed by atoms with Crippen molar-refractivity contribution in [2.75, 3.05) is 19.8 Å². The van der Waals surface area contributed by atoms with Crippen molar-refractivity contribution < 1.29 is 19.1 Å². The molecule has 0 saturated carbocycles. The Balaban J connectivity index is 0.00000400. The molecule has 21 heavy (non-hydrogen) atoms. The van der Waals surface area contributed by atoms with E-state index < -0.39 is 6.04 Å². The molecule has 2 unspecified atom stereocenters. The fourth-order valence-electron chi connectivity index (χ4n) is 2.09. The molecule has 0 aromatic carbocycles. The highest BCUT2D eigenvalue weighted by molar-refractivity contribution is 5.85. The van der Waals surface area contributed by atoms with Gasteiger partial charge in [-0.3, -0.25) is 9.59 Å². The number of amides is 1. The van der Waals surface area contributed by atoms with Crippen LogP contribution in [0.4, 0.5) is 0 Å².